The van der Waals surface area contributed by atoms with Crippen LogP contribution >= 0.6 is 38.5 Å². The summed E-state index contributed by atoms with van der Waals surface area (Å²) in [7, 11) is 0. The molecule has 0 saturated heterocycles. The summed E-state index contributed by atoms with van der Waals surface area (Å²) in [5, 5.41) is 0. The van der Waals surface area contributed by atoms with Crippen LogP contribution in [0.2, 0.25) is 0 Å². The van der Waals surface area contributed by atoms with Gasteiger partial charge in [-0.15, -0.1) is 6.58 Å². The second-order valence-corrected chi connectivity index (χ2v) is 6.33. The average molecular weight is 417 g/mol. The largest absolute Gasteiger partial charge is 0.363 e. The van der Waals surface area contributed by atoms with Gasteiger partial charge in [0, 0.05) is 10.3 Å². The van der Waals surface area contributed by atoms with Gasteiger partial charge in [-0.3, -0.25) is 0 Å². The van der Waals surface area contributed by atoms with E-state index in [2.05, 4.69) is 6.58 Å². The third-order valence-electron chi connectivity index (χ3n) is 2.07. The van der Waals surface area contributed by atoms with Crippen LogP contribution in [0.3, 0.4) is 0 Å². The highest BCUT2D eigenvalue weighted by molar-refractivity contribution is 14.1. The van der Waals surface area contributed by atoms with Crippen molar-refractivity contribution in [1.29, 1.82) is 0 Å². The van der Waals surface area contributed by atoms with Crippen LogP contribution in [-0.2, 0) is 0 Å². The van der Waals surface area contributed by atoms with Crippen molar-refractivity contribution in [1.82, 2.24) is 0 Å². The zero-order valence-corrected chi connectivity index (χ0v) is 12.4. The van der Waals surface area contributed by atoms with Crippen molar-refractivity contribution >= 4 is 38.5 Å². The molecule has 0 rings (SSSR count). The van der Waals surface area contributed by atoms with Crippen molar-refractivity contribution < 1.29 is 17.6 Å². The number of halogens is 6. The van der Waals surface area contributed by atoms with Gasteiger partial charge in [-0.1, -0.05) is 35.1 Å². The van der Waals surface area contributed by atoms with E-state index in [0.717, 1.165) is 19.3 Å². The summed E-state index contributed by atoms with van der Waals surface area (Å²) < 4.78 is 50.3. The van der Waals surface area contributed by atoms with E-state index >= 15 is 0 Å². The predicted molar refractivity (Wildman–Crippen MR) is 69.9 cm³/mol. The van der Waals surface area contributed by atoms with Crippen LogP contribution < -0.4 is 0 Å². The Kier molecular flexibility index (Phi) is 7.48. The van der Waals surface area contributed by atoms with Crippen LogP contribution in [0.1, 0.15) is 32.1 Å². The van der Waals surface area contributed by atoms with Crippen LogP contribution in [0.25, 0.3) is 0 Å². The fourth-order valence-corrected chi connectivity index (χ4v) is 2.31. The van der Waals surface area contributed by atoms with Gasteiger partial charge in [0.1, 0.15) is 0 Å². The van der Waals surface area contributed by atoms with Crippen molar-refractivity contribution in [3.8, 4) is 0 Å². The topological polar surface area (TPSA) is 0 Å². The Bertz CT molecular complexity index is 215. The summed E-state index contributed by atoms with van der Waals surface area (Å²) in [5.74, 6) is -3.99. The summed E-state index contributed by atoms with van der Waals surface area (Å²) >= 11 is 3.52. The molecule has 0 aliphatic rings. The third-order valence-corrected chi connectivity index (χ3v) is 3.71. The lowest BCUT2D eigenvalue weighted by atomic mass is 10.1. The first kappa shape index (κ1) is 16.7. The van der Waals surface area contributed by atoms with Crippen LogP contribution in [-0.4, -0.2) is 14.7 Å². The van der Waals surface area contributed by atoms with Crippen molar-refractivity contribution in [3.05, 3.63) is 12.7 Å². The SMILES string of the molecule is C=CCCCCC(I)CC(F)(F)C(F)(F)Br. The van der Waals surface area contributed by atoms with E-state index in [1.165, 1.54) is 0 Å². The molecule has 0 aromatic rings. The molecule has 96 valence electrons. The second kappa shape index (κ2) is 7.18. The molecule has 0 aromatic carbocycles. The maximum absolute atomic E-state index is 12.9. The molecule has 0 amide bonds. The van der Waals surface area contributed by atoms with Crippen molar-refractivity contribution in [2.75, 3.05) is 0 Å². The van der Waals surface area contributed by atoms with E-state index in [4.69, 9.17) is 0 Å². The van der Waals surface area contributed by atoms with Gasteiger partial charge in [0.25, 0.3) is 0 Å². The van der Waals surface area contributed by atoms with Gasteiger partial charge >= 0.3 is 10.8 Å². The third kappa shape index (κ3) is 6.42. The van der Waals surface area contributed by atoms with Crippen LogP contribution in [0.15, 0.2) is 12.7 Å². The highest BCUT2D eigenvalue weighted by Gasteiger charge is 2.54. The second-order valence-electron chi connectivity index (χ2n) is 3.58. The Morgan fingerprint density at radius 3 is 2.25 bits per heavy atom. The lowest BCUT2D eigenvalue weighted by Crippen LogP contribution is -2.37. The molecule has 0 nitrogen and oxygen atoms in total. The highest BCUT2D eigenvalue weighted by Crippen LogP contribution is 2.43. The smallest absolute Gasteiger partial charge is 0.199 e. The molecular weight excluding hydrogens is 403 g/mol. The van der Waals surface area contributed by atoms with Gasteiger partial charge in [-0.05, 0) is 35.2 Å². The summed E-state index contributed by atoms with van der Waals surface area (Å²) in [5.41, 5.74) is 0. The van der Waals surface area contributed by atoms with Crippen LogP contribution in [0.4, 0.5) is 17.6 Å². The van der Waals surface area contributed by atoms with E-state index < -0.39 is 21.1 Å². The monoisotopic (exact) mass is 416 g/mol. The van der Waals surface area contributed by atoms with Gasteiger partial charge in [0.05, 0.1) is 0 Å². The number of unbranched alkanes of at least 4 members (excludes halogenated alkanes) is 2. The molecule has 16 heavy (non-hydrogen) atoms. The molecule has 6 heteroatoms. The van der Waals surface area contributed by atoms with E-state index in [1.54, 1.807) is 44.6 Å². The fraction of sp³-hybridized carbons (Fsp3) is 0.800. The molecule has 1 unspecified atom stereocenters. The summed E-state index contributed by atoms with van der Waals surface area (Å²) in [6.07, 6.45) is 3.91. The van der Waals surface area contributed by atoms with Crippen molar-refractivity contribution in [3.63, 3.8) is 0 Å². The highest BCUT2D eigenvalue weighted by atomic mass is 127. The number of alkyl halides is 6. The van der Waals surface area contributed by atoms with E-state index in [0.29, 0.717) is 6.42 Å². The summed E-state index contributed by atoms with van der Waals surface area (Å²) in [6.45, 7) is 3.54. The molecule has 0 aliphatic heterocycles. The van der Waals surface area contributed by atoms with Crippen molar-refractivity contribution in [2.24, 2.45) is 0 Å². The first-order valence-corrected chi connectivity index (χ1v) is 6.94. The van der Waals surface area contributed by atoms with Crippen LogP contribution in [0.5, 0.6) is 0 Å². The maximum Gasteiger partial charge on any atom is 0.363 e. The number of rotatable bonds is 8. The van der Waals surface area contributed by atoms with Crippen molar-refractivity contribution in [2.45, 2.75) is 46.8 Å². The van der Waals surface area contributed by atoms with Gasteiger partial charge in [0.2, 0.25) is 0 Å². The lowest BCUT2D eigenvalue weighted by molar-refractivity contribution is -0.150. The van der Waals surface area contributed by atoms with E-state index in [9.17, 15) is 17.6 Å². The molecule has 0 aromatic heterocycles. The molecular formula is C10H14BrF4I. The Morgan fingerprint density at radius 1 is 1.25 bits per heavy atom. The number of allylic oxidation sites excluding steroid dienone is 1. The average Bonchev–Trinajstić information content (AvgIpc) is 2.10. The predicted octanol–water partition coefficient (Wildman–Crippen LogP) is 5.55. The molecule has 0 radical (unpaired) electrons. The summed E-state index contributed by atoms with van der Waals surface area (Å²) in [6, 6.07) is 0. The molecule has 1 atom stereocenters. The van der Waals surface area contributed by atoms with Crippen LogP contribution in [0, 0.1) is 0 Å². The van der Waals surface area contributed by atoms with Gasteiger partial charge in [-0.2, -0.15) is 17.6 Å². The molecule has 0 saturated carbocycles. The van der Waals surface area contributed by atoms with Gasteiger partial charge in [-0.25, -0.2) is 0 Å². The minimum Gasteiger partial charge on any atom is -0.199 e. The Labute approximate surface area is 115 Å². The Morgan fingerprint density at radius 2 is 1.81 bits per heavy atom. The minimum atomic E-state index is -4.12. The Balaban J connectivity index is 3.94. The molecule has 0 N–H and O–H groups in total. The molecule has 0 fully saturated rings. The first-order valence-electron chi connectivity index (χ1n) is 4.90. The standard InChI is InChI=1S/C10H14BrF4I/c1-2-3-4-5-6-8(16)7-9(12,13)10(11,14)15/h2,8H,1,3-7H2. The molecule has 0 aliphatic carbocycles. The van der Waals surface area contributed by atoms with E-state index in [1.807, 2.05) is 0 Å². The number of hydrogen-bond donors (Lipinski definition) is 0. The first-order chi connectivity index (χ1) is 7.20. The Hall–Kier alpha value is 0.670. The zero-order chi connectivity index (χ0) is 12.8. The number of hydrogen-bond acceptors (Lipinski definition) is 0. The van der Waals surface area contributed by atoms with E-state index in [-0.39, 0.29) is 0 Å². The lowest BCUT2D eigenvalue weighted by Gasteiger charge is -2.23. The summed E-state index contributed by atoms with van der Waals surface area (Å²) in [4.78, 5) is -4.12. The quantitative estimate of drug-likeness (QED) is 0.160. The van der Waals surface area contributed by atoms with Gasteiger partial charge in [0.15, 0.2) is 0 Å². The normalized spacial score (nSPS) is 14.9. The molecule has 0 bridgehead atoms. The minimum absolute atomic E-state index is 0.444. The molecule has 0 heterocycles. The van der Waals surface area contributed by atoms with Gasteiger partial charge < -0.3 is 0 Å². The zero-order valence-electron chi connectivity index (χ0n) is 8.67. The maximum atomic E-state index is 12.9. The molecule has 0 spiro atoms. The fourth-order valence-electron chi connectivity index (χ4n) is 1.15.